The van der Waals surface area contributed by atoms with Crippen LogP contribution in [0.5, 0.6) is 0 Å². The first-order valence-electron chi connectivity index (χ1n) is 10.6. The molecule has 4 heteroatoms. The molecule has 0 aromatic heterocycles. The third-order valence-corrected chi connectivity index (χ3v) is 4.97. The van der Waals surface area contributed by atoms with E-state index in [9.17, 15) is 0 Å². The molecule has 2 rings (SSSR count). The average molecular weight is 367 g/mol. The Labute approximate surface area is 159 Å². The Morgan fingerprint density at radius 2 is 0.923 bits per heavy atom. The van der Waals surface area contributed by atoms with Gasteiger partial charge in [0, 0.05) is 0 Å². The van der Waals surface area contributed by atoms with Crippen molar-refractivity contribution in [3.8, 4) is 0 Å². The highest BCUT2D eigenvalue weighted by molar-refractivity contribution is 4.86. The van der Waals surface area contributed by atoms with Crippen LogP contribution in [0, 0.1) is 0 Å². The molecule has 2 atom stereocenters. The van der Waals surface area contributed by atoms with E-state index < -0.39 is 0 Å². The van der Waals surface area contributed by atoms with E-state index in [1.807, 2.05) is 0 Å². The summed E-state index contributed by atoms with van der Waals surface area (Å²) in [4.78, 5) is 0. The van der Waals surface area contributed by atoms with E-state index in [2.05, 4.69) is 24.3 Å². The molecule has 0 fully saturated rings. The van der Waals surface area contributed by atoms with Crippen molar-refractivity contribution < 1.29 is 18.9 Å². The molecule has 0 radical (unpaired) electrons. The minimum atomic E-state index is 0.403. The molecular weight excluding hydrogens is 328 g/mol. The van der Waals surface area contributed by atoms with Gasteiger partial charge in [0.05, 0.1) is 51.8 Å². The lowest BCUT2D eigenvalue weighted by atomic mass is 10.0. The van der Waals surface area contributed by atoms with Crippen molar-refractivity contribution in [2.45, 2.75) is 76.4 Å². The molecule has 2 aliphatic rings. The van der Waals surface area contributed by atoms with Crippen LogP contribution in [0.25, 0.3) is 0 Å². The lowest BCUT2D eigenvalue weighted by Crippen LogP contribution is -2.19. The zero-order valence-corrected chi connectivity index (χ0v) is 16.4. The Morgan fingerprint density at radius 1 is 0.500 bits per heavy atom. The van der Waals surface area contributed by atoms with Gasteiger partial charge in [0.15, 0.2) is 0 Å². The number of ether oxygens (including phenoxy) is 4. The first-order chi connectivity index (χ1) is 12.9. The molecule has 0 aliphatic heterocycles. The van der Waals surface area contributed by atoms with Gasteiger partial charge in [-0.15, -0.1) is 0 Å². The second-order valence-electron chi connectivity index (χ2n) is 7.17. The van der Waals surface area contributed by atoms with E-state index in [1.54, 1.807) is 0 Å². The van der Waals surface area contributed by atoms with Gasteiger partial charge in [0.1, 0.15) is 0 Å². The number of hydrogen-bond acceptors (Lipinski definition) is 4. The summed E-state index contributed by atoms with van der Waals surface area (Å²) in [5.41, 5.74) is 0. The Hall–Kier alpha value is -0.680. The van der Waals surface area contributed by atoms with Crippen molar-refractivity contribution in [2.24, 2.45) is 0 Å². The molecule has 0 amide bonds. The summed E-state index contributed by atoms with van der Waals surface area (Å²) in [7, 11) is 0. The molecule has 150 valence electrons. The van der Waals surface area contributed by atoms with Gasteiger partial charge in [0.2, 0.25) is 0 Å². The topological polar surface area (TPSA) is 36.9 Å². The molecule has 0 aromatic carbocycles. The van der Waals surface area contributed by atoms with E-state index in [1.165, 1.54) is 38.5 Å². The summed E-state index contributed by atoms with van der Waals surface area (Å²) in [6, 6.07) is 0. The van der Waals surface area contributed by atoms with Crippen LogP contribution in [0.15, 0.2) is 24.3 Å². The van der Waals surface area contributed by atoms with Gasteiger partial charge in [-0.25, -0.2) is 0 Å². The maximum atomic E-state index is 5.93. The predicted octanol–water partition coefficient (Wildman–Crippen LogP) is 4.83. The average Bonchev–Trinajstić information content (AvgIpc) is 2.59. The molecule has 0 aromatic rings. The fourth-order valence-electron chi connectivity index (χ4n) is 3.45. The maximum Gasteiger partial charge on any atom is 0.0704 e. The van der Waals surface area contributed by atoms with Crippen molar-refractivity contribution in [3.63, 3.8) is 0 Å². The van der Waals surface area contributed by atoms with Crippen LogP contribution in [-0.2, 0) is 18.9 Å². The molecule has 26 heavy (non-hydrogen) atoms. The number of hydrogen-bond donors (Lipinski definition) is 0. The lowest BCUT2D eigenvalue weighted by Gasteiger charge is -2.19. The van der Waals surface area contributed by atoms with Gasteiger partial charge in [-0.1, -0.05) is 24.3 Å². The van der Waals surface area contributed by atoms with Crippen LogP contribution < -0.4 is 0 Å². The highest BCUT2D eigenvalue weighted by atomic mass is 16.6. The first kappa shape index (κ1) is 21.6. The molecule has 0 N–H and O–H groups in total. The van der Waals surface area contributed by atoms with E-state index in [0.717, 1.165) is 25.7 Å². The van der Waals surface area contributed by atoms with Gasteiger partial charge in [-0.05, 0) is 64.2 Å². The molecule has 0 bridgehead atoms. The molecular formula is C22H38O4. The summed E-state index contributed by atoms with van der Waals surface area (Å²) in [6.45, 7) is 3.95. The Kier molecular flexibility index (Phi) is 12.8. The lowest BCUT2D eigenvalue weighted by molar-refractivity contribution is -0.0323. The van der Waals surface area contributed by atoms with Gasteiger partial charge >= 0.3 is 0 Å². The summed E-state index contributed by atoms with van der Waals surface area (Å²) in [5.74, 6) is 0. The monoisotopic (exact) mass is 366 g/mol. The fraction of sp³-hybridized carbons (Fsp3) is 0.818. The number of rotatable bonds is 11. The van der Waals surface area contributed by atoms with Crippen LogP contribution in [0.3, 0.4) is 0 Å². The van der Waals surface area contributed by atoms with Crippen LogP contribution in [0.4, 0.5) is 0 Å². The summed E-state index contributed by atoms with van der Waals surface area (Å²) >= 11 is 0. The normalized spacial score (nSPS) is 24.6. The van der Waals surface area contributed by atoms with Gasteiger partial charge < -0.3 is 18.9 Å². The predicted molar refractivity (Wildman–Crippen MR) is 106 cm³/mol. The molecule has 2 aliphatic carbocycles. The van der Waals surface area contributed by atoms with Crippen LogP contribution in [0.1, 0.15) is 64.2 Å². The highest BCUT2D eigenvalue weighted by Gasteiger charge is 2.10. The van der Waals surface area contributed by atoms with Crippen molar-refractivity contribution >= 4 is 0 Å². The second-order valence-corrected chi connectivity index (χ2v) is 7.17. The van der Waals surface area contributed by atoms with E-state index >= 15 is 0 Å². The summed E-state index contributed by atoms with van der Waals surface area (Å²) < 4.78 is 23.0. The van der Waals surface area contributed by atoms with Gasteiger partial charge in [0.25, 0.3) is 0 Å². The largest absolute Gasteiger partial charge is 0.377 e. The summed E-state index contributed by atoms with van der Waals surface area (Å²) in [5, 5.41) is 0. The number of allylic oxidation sites excluding steroid dienone is 4. The fourth-order valence-corrected chi connectivity index (χ4v) is 3.45. The second kappa shape index (κ2) is 15.4. The van der Waals surface area contributed by atoms with Crippen LogP contribution in [0.2, 0.25) is 0 Å². The van der Waals surface area contributed by atoms with E-state index in [4.69, 9.17) is 18.9 Å². The van der Waals surface area contributed by atoms with Crippen molar-refractivity contribution in [3.05, 3.63) is 24.3 Å². The molecule has 0 saturated heterocycles. The van der Waals surface area contributed by atoms with Crippen LogP contribution in [-0.4, -0.2) is 51.8 Å². The third kappa shape index (κ3) is 11.1. The van der Waals surface area contributed by atoms with Crippen molar-refractivity contribution in [1.29, 1.82) is 0 Å². The molecule has 0 heterocycles. The maximum absolute atomic E-state index is 5.93. The molecule has 0 spiro atoms. The van der Waals surface area contributed by atoms with E-state index in [0.29, 0.717) is 51.8 Å². The Morgan fingerprint density at radius 3 is 1.42 bits per heavy atom. The van der Waals surface area contributed by atoms with E-state index in [-0.39, 0.29) is 0 Å². The minimum absolute atomic E-state index is 0.403. The SMILES string of the molecule is C1=CCCC(OCCOCCOCCOC2CCC=CCCC2)CCC1. The third-order valence-electron chi connectivity index (χ3n) is 4.97. The molecule has 0 saturated carbocycles. The van der Waals surface area contributed by atoms with Gasteiger partial charge in [-0.3, -0.25) is 0 Å². The Balaban J connectivity index is 1.34. The standard InChI is InChI=1S/C22H38O4/c1-3-7-11-21(12-8-4-1)25-19-17-23-15-16-24-18-20-26-22-13-9-5-2-6-10-14-22/h1-3,5,21-22H,4,6-20H2. The quantitative estimate of drug-likeness (QED) is 0.388. The van der Waals surface area contributed by atoms with Crippen molar-refractivity contribution in [1.82, 2.24) is 0 Å². The van der Waals surface area contributed by atoms with Gasteiger partial charge in [-0.2, -0.15) is 0 Å². The van der Waals surface area contributed by atoms with Crippen molar-refractivity contribution in [2.75, 3.05) is 39.6 Å². The van der Waals surface area contributed by atoms with Crippen LogP contribution >= 0.6 is 0 Å². The first-order valence-corrected chi connectivity index (χ1v) is 10.6. The minimum Gasteiger partial charge on any atom is -0.377 e. The zero-order chi connectivity index (χ0) is 18.1. The zero-order valence-electron chi connectivity index (χ0n) is 16.4. The Bertz CT molecular complexity index is 344. The molecule has 4 nitrogen and oxygen atoms in total. The molecule has 2 unspecified atom stereocenters. The smallest absolute Gasteiger partial charge is 0.0704 e. The highest BCUT2D eigenvalue weighted by Crippen LogP contribution is 2.16. The summed E-state index contributed by atoms with van der Waals surface area (Å²) in [6.07, 6.45) is 21.7.